The Labute approximate surface area is 132 Å². The van der Waals surface area contributed by atoms with E-state index in [1.54, 1.807) is 0 Å². The molecule has 0 aromatic heterocycles. The molecule has 0 bridgehead atoms. The quantitative estimate of drug-likeness (QED) is 0.505. The van der Waals surface area contributed by atoms with Crippen molar-refractivity contribution in [3.8, 4) is 0 Å². The molecule has 0 radical (unpaired) electrons. The molecular weight excluding hydrogens is 305 g/mol. The maximum absolute atomic E-state index is 13.7. The number of anilines is 2. The first-order valence-corrected chi connectivity index (χ1v) is 6.87. The molecule has 114 valence electrons. The predicted octanol–water partition coefficient (Wildman–Crippen LogP) is 4.16. The number of rotatable bonds is 3. The van der Waals surface area contributed by atoms with E-state index in [0.717, 1.165) is 35.0 Å². The van der Waals surface area contributed by atoms with Crippen LogP contribution < -0.4 is 10.6 Å². The van der Waals surface area contributed by atoms with E-state index in [9.17, 15) is 14.5 Å². The highest BCUT2D eigenvalue weighted by Gasteiger charge is 2.12. The van der Waals surface area contributed by atoms with Crippen LogP contribution in [0.15, 0.2) is 36.4 Å². The van der Waals surface area contributed by atoms with E-state index in [0.29, 0.717) is 0 Å². The molecule has 2 aromatic carbocycles. The van der Waals surface area contributed by atoms with Gasteiger partial charge in [0.1, 0.15) is 5.82 Å². The molecule has 2 aromatic rings. The van der Waals surface area contributed by atoms with Crippen LogP contribution in [0.4, 0.5) is 21.5 Å². The molecule has 7 heteroatoms. The largest absolute Gasteiger partial charge is 0.332 e. The second-order valence-corrected chi connectivity index (χ2v) is 5.23. The summed E-state index contributed by atoms with van der Waals surface area (Å²) in [5, 5.41) is 16.5. The van der Waals surface area contributed by atoms with Crippen molar-refractivity contribution in [1.82, 2.24) is 0 Å². The molecule has 2 N–H and O–H groups in total. The van der Waals surface area contributed by atoms with Crippen molar-refractivity contribution in [3.63, 3.8) is 0 Å². The van der Waals surface area contributed by atoms with Crippen molar-refractivity contribution in [1.29, 1.82) is 0 Å². The summed E-state index contributed by atoms with van der Waals surface area (Å²) >= 11 is 5.13. The fourth-order valence-corrected chi connectivity index (χ4v) is 2.09. The number of benzene rings is 2. The minimum atomic E-state index is -0.615. The Morgan fingerprint density at radius 1 is 1.14 bits per heavy atom. The number of non-ortho nitro benzene ring substituents is 1. The second-order valence-electron chi connectivity index (χ2n) is 4.82. The van der Waals surface area contributed by atoms with Crippen molar-refractivity contribution in [3.05, 3.63) is 63.5 Å². The third-order valence-electron chi connectivity index (χ3n) is 3.05. The van der Waals surface area contributed by atoms with Gasteiger partial charge in [0, 0.05) is 17.8 Å². The number of aryl methyl sites for hydroxylation is 2. The molecule has 0 atom stereocenters. The van der Waals surface area contributed by atoms with Crippen LogP contribution in [0.2, 0.25) is 0 Å². The number of hydrogen-bond acceptors (Lipinski definition) is 3. The average molecular weight is 319 g/mol. The summed E-state index contributed by atoms with van der Waals surface area (Å²) in [5.74, 6) is -0.615. The average Bonchev–Trinajstić information content (AvgIpc) is 2.45. The molecule has 0 unspecified atom stereocenters. The van der Waals surface area contributed by atoms with Crippen LogP contribution in [0.1, 0.15) is 11.1 Å². The summed E-state index contributed by atoms with van der Waals surface area (Å²) < 4.78 is 13.7. The molecule has 0 spiro atoms. The highest BCUT2D eigenvalue weighted by Crippen LogP contribution is 2.22. The SMILES string of the molecule is Cc1ccc(C)c(NC(=S)Nc2cc([N+](=O)[O-])ccc2F)c1. The molecule has 22 heavy (non-hydrogen) atoms. The van der Waals surface area contributed by atoms with Crippen molar-refractivity contribution in [2.45, 2.75) is 13.8 Å². The standard InChI is InChI=1S/C15H14FN3O2S/c1-9-3-4-10(2)13(7-9)17-15(22)18-14-8-11(19(20)21)5-6-12(14)16/h3-8H,1-2H3,(H2,17,18,22). The Bertz CT molecular complexity index is 750. The Hall–Kier alpha value is -2.54. The maximum Gasteiger partial charge on any atom is 0.271 e. The molecule has 0 saturated heterocycles. The number of nitrogens with one attached hydrogen (secondary N) is 2. The molecule has 0 saturated carbocycles. The normalized spacial score (nSPS) is 10.1. The molecule has 0 aliphatic heterocycles. The number of hydrogen-bond donors (Lipinski definition) is 2. The topological polar surface area (TPSA) is 67.2 Å². The number of nitrogens with zero attached hydrogens (tertiary/aromatic N) is 1. The number of halogens is 1. The van der Waals surface area contributed by atoms with Crippen LogP contribution in [-0.4, -0.2) is 10.0 Å². The molecule has 0 aliphatic carbocycles. The summed E-state index contributed by atoms with van der Waals surface area (Å²) in [5.41, 5.74) is 2.57. The monoisotopic (exact) mass is 319 g/mol. The molecule has 0 heterocycles. The van der Waals surface area contributed by atoms with Crippen LogP contribution in [-0.2, 0) is 0 Å². The predicted molar refractivity (Wildman–Crippen MR) is 88.8 cm³/mol. The van der Waals surface area contributed by atoms with Gasteiger partial charge in [-0.15, -0.1) is 0 Å². The Balaban J connectivity index is 2.17. The van der Waals surface area contributed by atoms with E-state index in [1.165, 1.54) is 0 Å². The fraction of sp³-hybridized carbons (Fsp3) is 0.133. The molecule has 0 amide bonds. The zero-order valence-electron chi connectivity index (χ0n) is 12.0. The zero-order valence-corrected chi connectivity index (χ0v) is 12.8. The van der Waals surface area contributed by atoms with Crippen LogP contribution in [0.5, 0.6) is 0 Å². The van der Waals surface area contributed by atoms with E-state index in [2.05, 4.69) is 10.6 Å². The van der Waals surface area contributed by atoms with Gasteiger partial charge in [0.2, 0.25) is 0 Å². The lowest BCUT2D eigenvalue weighted by Gasteiger charge is -2.13. The highest BCUT2D eigenvalue weighted by molar-refractivity contribution is 7.80. The first-order valence-electron chi connectivity index (χ1n) is 6.46. The van der Waals surface area contributed by atoms with Gasteiger partial charge >= 0.3 is 0 Å². The van der Waals surface area contributed by atoms with E-state index in [-0.39, 0.29) is 16.5 Å². The first-order chi connectivity index (χ1) is 10.4. The van der Waals surface area contributed by atoms with Gasteiger partial charge in [0.15, 0.2) is 5.11 Å². The van der Waals surface area contributed by atoms with Gasteiger partial charge in [-0.2, -0.15) is 0 Å². The van der Waals surface area contributed by atoms with Crippen molar-refractivity contribution < 1.29 is 9.31 Å². The van der Waals surface area contributed by atoms with E-state index < -0.39 is 10.7 Å². The number of nitro groups is 1. The molecular formula is C15H14FN3O2S. The second kappa shape index (κ2) is 6.48. The van der Waals surface area contributed by atoms with Gasteiger partial charge < -0.3 is 10.6 Å². The van der Waals surface area contributed by atoms with Gasteiger partial charge in [-0.25, -0.2) is 4.39 Å². The molecule has 0 fully saturated rings. The summed E-state index contributed by atoms with van der Waals surface area (Å²) in [6, 6.07) is 9.05. The van der Waals surface area contributed by atoms with Gasteiger partial charge in [-0.05, 0) is 49.3 Å². The number of nitro benzene ring substituents is 1. The lowest BCUT2D eigenvalue weighted by atomic mass is 10.1. The lowest BCUT2D eigenvalue weighted by Crippen LogP contribution is -2.20. The molecule has 5 nitrogen and oxygen atoms in total. The maximum atomic E-state index is 13.7. The third-order valence-corrected chi connectivity index (χ3v) is 3.25. The Morgan fingerprint density at radius 2 is 1.82 bits per heavy atom. The van der Waals surface area contributed by atoms with Crippen LogP contribution in [0, 0.1) is 29.8 Å². The van der Waals surface area contributed by atoms with Gasteiger partial charge in [0.05, 0.1) is 10.6 Å². The first kappa shape index (κ1) is 15.8. The van der Waals surface area contributed by atoms with E-state index in [1.807, 2.05) is 32.0 Å². The summed E-state index contributed by atoms with van der Waals surface area (Å²) in [4.78, 5) is 10.1. The van der Waals surface area contributed by atoms with E-state index in [4.69, 9.17) is 12.2 Å². The van der Waals surface area contributed by atoms with Crippen molar-refractivity contribution >= 4 is 34.4 Å². The van der Waals surface area contributed by atoms with Crippen LogP contribution in [0.25, 0.3) is 0 Å². The Morgan fingerprint density at radius 3 is 2.50 bits per heavy atom. The van der Waals surface area contributed by atoms with Crippen molar-refractivity contribution in [2.24, 2.45) is 0 Å². The van der Waals surface area contributed by atoms with Crippen LogP contribution in [0.3, 0.4) is 0 Å². The molecule has 2 rings (SSSR count). The van der Waals surface area contributed by atoms with E-state index >= 15 is 0 Å². The lowest BCUT2D eigenvalue weighted by molar-refractivity contribution is -0.384. The number of thiocarbonyl (C=S) groups is 1. The fourth-order valence-electron chi connectivity index (χ4n) is 1.87. The zero-order chi connectivity index (χ0) is 16.3. The van der Waals surface area contributed by atoms with Crippen LogP contribution >= 0.6 is 12.2 Å². The highest BCUT2D eigenvalue weighted by atomic mass is 32.1. The van der Waals surface area contributed by atoms with Gasteiger partial charge in [-0.3, -0.25) is 10.1 Å². The minimum absolute atomic E-state index is 0.0444. The van der Waals surface area contributed by atoms with Gasteiger partial charge in [-0.1, -0.05) is 12.1 Å². The Kier molecular flexibility index (Phi) is 4.67. The third kappa shape index (κ3) is 3.76. The van der Waals surface area contributed by atoms with Crippen molar-refractivity contribution in [2.75, 3.05) is 10.6 Å². The smallest absolute Gasteiger partial charge is 0.271 e. The van der Waals surface area contributed by atoms with Gasteiger partial charge in [0.25, 0.3) is 5.69 Å². The molecule has 0 aliphatic rings. The summed E-state index contributed by atoms with van der Waals surface area (Å²) in [6.45, 7) is 3.86. The summed E-state index contributed by atoms with van der Waals surface area (Å²) in [7, 11) is 0. The minimum Gasteiger partial charge on any atom is -0.332 e. The summed E-state index contributed by atoms with van der Waals surface area (Å²) in [6.07, 6.45) is 0.